The van der Waals surface area contributed by atoms with E-state index >= 15 is 0 Å². The number of methoxy groups -OCH3 is 1. The zero-order valence-electron chi connectivity index (χ0n) is 11.3. The van der Waals surface area contributed by atoms with E-state index in [1.54, 1.807) is 18.2 Å². The first kappa shape index (κ1) is 15.0. The van der Waals surface area contributed by atoms with E-state index in [1.165, 1.54) is 13.3 Å². The minimum atomic E-state index is -0.761. The number of para-hydroxylation sites is 1. The largest absolute Gasteiger partial charge is 0.495 e. The van der Waals surface area contributed by atoms with Crippen LogP contribution < -0.4 is 14.8 Å². The van der Waals surface area contributed by atoms with Gasteiger partial charge in [-0.25, -0.2) is 0 Å². The van der Waals surface area contributed by atoms with Crippen LogP contribution in [-0.4, -0.2) is 40.2 Å². The lowest BCUT2D eigenvalue weighted by atomic mass is 10.1. The predicted molar refractivity (Wildman–Crippen MR) is 77.6 cm³/mol. The van der Waals surface area contributed by atoms with Gasteiger partial charge in [0.2, 0.25) is 5.88 Å². The fourth-order valence-electron chi connectivity index (χ4n) is 1.66. The molecule has 0 fully saturated rings. The van der Waals surface area contributed by atoms with Gasteiger partial charge in [0.05, 0.1) is 30.1 Å². The Kier molecular flexibility index (Phi) is 5.31. The van der Waals surface area contributed by atoms with Gasteiger partial charge in [0.15, 0.2) is 0 Å². The van der Waals surface area contributed by atoms with E-state index in [9.17, 15) is 5.11 Å². The van der Waals surface area contributed by atoms with Gasteiger partial charge in [0, 0.05) is 6.54 Å². The molecule has 0 aliphatic rings. The van der Waals surface area contributed by atoms with Crippen LogP contribution in [0.1, 0.15) is 5.56 Å². The summed E-state index contributed by atoms with van der Waals surface area (Å²) in [5.41, 5.74) is 1.00. The van der Waals surface area contributed by atoms with E-state index in [2.05, 4.69) is 20.1 Å². The smallest absolute Gasteiger partial charge is 0.245 e. The van der Waals surface area contributed by atoms with E-state index in [0.717, 1.165) is 11.7 Å². The minimum absolute atomic E-state index is 0.0788. The zero-order valence-corrected chi connectivity index (χ0v) is 12.1. The first-order valence-corrected chi connectivity index (χ1v) is 6.87. The van der Waals surface area contributed by atoms with Gasteiger partial charge in [0.1, 0.15) is 30.7 Å². The minimum Gasteiger partial charge on any atom is -0.495 e. The third kappa shape index (κ3) is 4.05. The molecule has 0 saturated heterocycles. The number of aromatic nitrogens is 2. The predicted octanol–water partition coefficient (Wildman–Crippen LogP) is 1.27. The highest BCUT2D eigenvalue weighted by molar-refractivity contribution is 6.99. The van der Waals surface area contributed by atoms with Gasteiger partial charge in [0.25, 0.3) is 0 Å². The lowest BCUT2D eigenvalue weighted by Crippen LogP contribution is -2.26. The number of hydrogen-bond donors (Lipinski definition) is 2. The molecule has 1 aromatic heterocycles. The molecule has 21 heavy (non-hydrogen) atoms. The van der Waals surface area contributed by atoms with E-state index in [-0.39, 0.29) is 13.2 Å². The number of nitriles is 1. The summed E-state index contributed by atoms with van der Waals surface area (Å²) in [4.78, 5) is 0. The molecule has 1 atom stereocenters. The van der Waals surface area contributed by atoms with E-state index in [1.807, 2.05) is 0 Å². The topological polar surface area (TPSA) is 100 Å². The normalized spacial score (nSPS) is 11.5. The van der Waals surface area contributed by atoms with Crippen LogP contribution in [0.2, 0.25) is 0 Å². The zero-order chi connectivity index (χ0) is 15.1. The maximum atomic E-state index is 9.88. The molecule has 2 N–H and O–H groups in total. The first-order valence-electron chi connectivity index (χ1n) is 6.14. The summed E-state index contributed by atoms with van der Waals surface area (Å²) in [7, 11) is 1.52. The van der Waals surface area contributed by atoms with Gasteiger partial charge in [-0.15, -0.1) is 4.37 Å². The summed E-state index contributed by atoms with van der Waals surface area (Å²) in [5.74, 6) is 0.930. The third-order valence-corrected chi connectivity index (χ3v) is 3.11. The van der Waals surface area contributed by atoms with Crippen molar-refractivity contribution in [2.45, 2.75) is 6.10 Å². The number of rotatable bonds is 7. The first-order chi connectivity index (χ1) is 10.2. The van der Waals surface area contributed by atoms with Gasteiger partial charge < -0.3 is 19.9 Å². The van der Waals surface area contributed by atoms with Crippen LogP contribution in [0, 0.1) is 11.3 Å². The highest BCUT2D eigenvalue weighted by atomic mass is 32.1. The summed E-state index contributed by atoms with van der Waals surface area (Å²) in [5, 5.41) is 22.0. The van der Waals surface area contributed by atoms with Gasteiger partial charge in [-0.1, -0.05) is 6.07 Å². The van der Waals surface area contributed by atoms with Crippen LogP contribution in [0.15, 0.2) is 24.4 Å². The summed E-state index contributed by atoms with van der Waals surface area (Å²) in [6.07, 6.45) is 0.724. The molecular weight excluding hydrogens is 292 g/mol. The van der Waals surface area contributed by atoms with Crippen molar-refractivity contribution in [2.75, 3.05) is 25.6 Å². The SMILES string of the molecule is COc1cccc(C#N)c1NCC(O)COc1cnsn1. The molecule has 1 unspecified atom stereocenters. The fraction of sp³-hybridized carbons (Fsp3) is 0.308. The quantitative estimate of drug-likeness (QED) is 0.794. The van der Waals surface area contributed by atoms with Crippen LogP contribution in [-0.2, 0) is 0 Å². The highest BCUT2D eigenvalue weighted by Crippen LogP contribution is 2.27. The molecule has 0 bridgehead atoms. The Balaban J connectivity index is 1.91. The number of ether oxygens (including phenoxy) is 2. The number of hydrogen-bond acceptors (Lipinski definition) is 8. The van der Waals surface area contributed by atoms with Crippen molar-refractivity contribution >= 4 is 17.4 Å². The van der Waals surface area contributed by atoms with Crippen molar-refractivity contribution in [2.24, 2.45) is 0 Å². The lowest BCUT2D eigenvalue weighted by molar-refractivity contribution is 0.115. The fourth-order valence-corrected chi connectivity index (χ4v) is 2.02. The highest BCUT2D eigenvalue weighted by Gasteiger charge is 2.12. The molecule has 0 radical (unpaired) electrons. The molecular formula is C13H14N4O3S. The summed E-state index contributed by atoms with van der Waals surface area (Å²) in [6, 6.07) is 7.23. The second-order valence-corrected chi connectivity index (χ2v) is 4.64. The van der Waals surface area contributed by atoms with E-state index in [0.29, 0.717) is 22.9 Å². The standard InChI is InChI=1S/C13H14N4O3S/c1-19-11-4-2-3-9(5-14)13(11)15-6-10(18)8-20-12-7-16-21-17-12/h2-4,7,10,15,18H,6,8H2,1H3. The van der Waals surface area contributed by atoms with Crippen molar-refractivity contribution in [3.05, 3.63) is 30.0 Å². The Morgan fingerprint density at radius 3 is 3.05 bits per heavy atom. The number of anilines is 1. The summed E-state index contributed by atoms with van der Waals surface area (Å²) >= 11 is 1.04. The molecule has 1 heterocycles. The van der Waals surface area contributed by atoms with Crippen LogP contribution >= 0.6 is 11.7 Å². The Hall–Kier alpha value is -2.37. The molecule has 8 heteroatoms. The molecule has 0 aliphatic carbocycles. The molecule has 0 spiro atoms. The van der Waals surface area contributed by atoms with Gasteiger partial charge >= 0.3 is 0 Å². The van der Waals surface area contributed by atoms with Crippen LogP contribution in [0.5, 0.6) is 11.6 Å². The average Bonchev–Trinajstić information content (AvgIpc) is 3.03. The van der Waals surface area contributed by atoms with Gasteiger partial charge in [-0.05, 0) is 12.1 Å². The molecule has 0 aliphatic heterocycles. The average molecular weight is 306 g/mol. The number of aliphatic hydroxyl groups is 1. The molecule has 110 valence electrons. The third-order valence-electron chi connectivity index (χ3n) is 2.65. The van der Waals surface area contributed by atoms with E-state index in [4.69, 9.17) is 14.7 Å². The maximum Gasteiger partial charge on any atom is 0.245 e. The van der Waals surface area contributed by atoms with Crippen molar-refractivity contribution in [3.8, 4) is 17.7 Å². The number of aliphatic hydroxyl groups excluding tert-OH is 1. The van der Waals surface area contributed by atoms with Crippen molar-refractivity contribution in [1.82, 2.24) is 8.75 Å². The molecule has 1 aromatic carbocycles. The summed E-state index contributed by atoms with van der Waals surface area (Å²) in [6.45, 7) is 0.294. The maximum absolute atomic E-state index is 9.88. The van der Waals surface area contributed by atoms with Gasteiger partial charge in [-0.2, -0.15) is 9.64 Å². The van der Waals surface area contributed by atoms with Crippen LogP contribution in [0.3, 0.4) is 0 Å². The van der Waals surface area contributed by atoms with E-state index < -0.39 is 6.10 Å². The number of benzene rings is 1. The molecule has 2 rings (SSSR count). The second-order valence-electron chi connectivity index (χ2n) is 4.09. The lowest BCUT2D eigenvalue weighted by Gasteiger charge is -2.15. The van der Waals surface area contributed by atoms with Crippen LogP contribution in [0.25, 0.3) is 0 Å². The Bertz CT molecular complexity index is 612. The molecule has 0 amide bonds. The van der Waals surface area contributed by atoms with Crippen LogP contribution in [0.4, 0.5) is 5.69 Å². The Morgan fingerprint density at radius 2 is 2.38 bits per heavy atom. The Labute approximate surface area is 126 Å². The molecule has 0 saturated carbocycles. The summed E-state index contributed by atoms with van der Waals surface area (Å²) < 4.78 is 18.1. The van der Waals surface area contributed by atoms with Crippen molar-refractivity contribution < 1.29 is 14.6 Å². The second kappa shape index (κ2) is 7.42. The number of nitrogens with one attached hydrogen (secondary N) is 1. The molecule has 2 aromatic rings. The molecule has 7 nitrogen and oxygen atoms in total. The monoisotopic (exact) mass is 306 g/mol. The van der Waals surface area contributed by atoms with Crippen molar-refractivity contribution in [3.63, 3.8) is 0 Å². The number of nitrogens with zero attached hydrogens (tertiary/aromatic N) is 3. The Morgan fingerprint density at radius 1 is 1.52 bits per heavy atom. The van der Waals surface area contributed by atoms with Crippen molar-refractivity contribution in [1.29, 1.82) is 5.26 Å². The van der Waals surface area contributed by atoms with Gasteiger partial charge in [-0.3, -0.25) is 0 Å².